The molecule has 2 aliphatic rings. The highest BCUT2D eigenvalue weighted by Gasteiger charge is 2.30. The molecule has 1 aliphatic carbocycles. The normalized spacial score (nSPS) is 30.2. The minimum absolute atomic E-state index is 0.549. The van der Waals surface area contributed by atoms with Crippen LogP contribution in [0.1, 0.15) is 58.8 Å². The molecular weight excluding hydrogens is 222 g/mol. The second kappa shape index (κ2) is 7.49. The van der Waals surface area contributed by atoms with Crippen LogP contribution in [-0.2, 0) is 4.74 Å². The molecule has 18 heavy (non-hydrogen) atoms. The summed E-state index contributed by atoms with van der Waals surface area (Å²) in [5.41, 5.74) is 0. The van der Waals surface area contributed by atoms with Crippen LogP contribution in [0.2, 0.25) is 0 Å². The quantitative estimate of drug-likeness (QED) is 0.781. The minimum atomic E-state index is 0.549. The first kappa shape index (κ1) is 14.3. The summed E-state index contributed by atoms with van der Waals surface area (Å²) in [6.07, 6.45) is 10.4. The first-order chi connectivity index (χ1) is 8.75. The number of nitrogens with one attached hydrogen (secondary N) is 1. The molecule has 2 unspecified atom stereocenters. The van der Waals surface area contributed by atoms with Gasteiger partial charge in [-0.1, -0.05) is 46.0 Å². The Labute approximate surface area is 113 Å². The van der Waals surface area contributed by atoms with E-state index in [4.69, 9.17) is 4.74 Å². The van der Waals surface area contributed by atoms with E-state index in [1.165, 1.54) is 44.9 Å². The predicted octanol–water partition coefficient (Wildman–Crippen LogP) is 3.61. The highest BCUT2D eigenvalue weighted by atomic mass is 16.5. The van der Waals surface area contributed by atoms with Crippen molar-refractivity contribution >= 4 is 0 Å². The topological polar surface area (TPSA) is 21.3 Å². The average Bonchev–Trinajstić information content (AvgIpc) is 2.78. The summed E-state index contributed by atoms with van der Waals surface area (Å²) in [6.45, 7) is 7.85. The molecule has 2 rings (SSSR count). The van der Waals surface area contributed by atoms with Gasteiger partial charge in [0.15, 0.2) is 0 Å². The lowest BCUT2D eigenvalue weighted by Gasteiger charge is -2.27. The number of hydrogen-bond acceptors (Lipinski definition) is 2. The number of ether oxygens (including phenoxy) is 1. The molecule has 0 aromatic rings. The van der Waals surface area contributed by atoms with Gasteiger partial charge in [-0.2, -0.15) is 0 Å². The predicted molar refractivity (Wildman–Crippen MR) is 76.7 cm³/mol. The molecule has 1 aliphatic heterocycles. The maximum Gasteiger partial charge on any atom is 0.0618 e. The highest BCUT2D eigenvalue weighted by Crippen LogP contribution is 2.33. The minimum Gasteiger partial charge on any atom is -0.378 e. The molecule has 0 aromatic carbocycles. The molecule has 1 heterocycles. The van der Waals surface area contributed by atoms with Gasteiger partial charge in [0.25, 0.3) is 0 Å². The molecule has 0 aromatic heterocycles. The summed E-state index contributed by atoms with van der Waals surface area (Å²) in [5.74, 6) is 2.48. The zero-order valence-corrected chi connectivity index (χ0v) is 12.3. The molecule has 0 spiro atoms. The fraction of sp³-hybridized carbons (Fsp3) is 1.00. The van der Waals surface area contributed by atoms with Crippen molar-refractivity contribution in [3.05, 3.63) is 0 Å². The highest BCUT2D eigenvalue weighted by molar-refractivity contribution is 4.81. The van der Waals surface area contributed by atoms with E-state index < -0.39 is 0 Å². The Morgan fingerprint density at radius 3 is 2.61 bits per heavy atom. The Bertz CT molecular complexity index is 223. The molecule has 0 bridgehead atoms. The van der Waals surface area contributed by atoms with Crippen LogP contribution in [0.3, 0.4) is 0 Å². The van der Waals surface area contributed by atoms with Gasteiger partial charge >= 0.3 is 0 Å². The Morgan fingerprint density at radius 1 is 1.11 bits per heavy atom. The van der Waals surface area contributed by atoms with Gasteiger partial charge in [-0.05, 0) is 37.1 Å². The van der Waals surface area contributed by atoms with Crippen molar-refractivity contribution in [2.45, 2.75) is 64.9 Å². The van der Waals surface area contributed by atoms with Gasteiger partial charge in [-0.15, -0.1) is 0 Å². The van der Waals surface area contributed by atoms with Crippen molar-refractivity contribution in [3.8, 4) is 0 Å². The summed E-state index contributed by atoms with van der Waals surface area (Å²) in [4.78, 5) is 0. The van der Waals surface area contributed by atoms with Gasteiger partial charge in [0.05, 0.1) is 6.10 Å². The molecule has 2 heteroatoms. The molecule has 2 atom stereocenters. The van der Waals surface area contributed by atoms with E-state index in [9.17, 15) is 0 Å². The van der Waals surface area contributed by atoms with E-state index in [-0.39, 0.29) is 0 Å². The first-order valence-electron chi connectivity index (χ1n) is 8.08. The van der Waals surface area contributed by atoms with Crippen LogP contribution in [-0.4, -0.2) is 25.8 Å². The van der Waals surface area contributed by atoms with Gasteiger partial charge in [0, 0.05) is 13.2 Å². The molecule has 1 N–H and O–H groups in total. The third-order valence-electron chi connectivity index (χ3n) is 4.60. The third-order valence-corrected chi connectivity index (χ3v) is 4.60. The van der Waals surface area contributed by atoms with Crippen molar-refractivity contribution in [2.24, 2.45) is 17.8 Å². The lowest BCUT2D eigenvalue weighted by molar-refractivity contribution is 0.0628. The Kier molecular flexibility index (Phi) is 5.97. The molecule has 1 saturated carbocycles. The van der Waals surface area contributed by atoms with Crippen LogP contribution in [0.4, 0.5) is 0 Å². The monoisotopic (exact) mass is 253 g/mol. The lowest BCUT2D eigenvalue weighted by Crippen LogP contribution is -2.32. The molecule has 2 fully saturated rings. The summed E-state index contributed by atoms with van der Waals surface area (Å²) in [6, 6.07) is 0. The van der Waals surface area contributed by atoms with Crippen LogP contribution in [0.25, 0.3) is 0 Å². The van der Waals surface area contributed by atoms with E-state index in [1.807, 2.05) is 0 Å². The SMILES string of the molecule is CC(C)CNCC1CCOC1CC1CCCCC1. The largest absolute Gasteiger partial charge is 0.378 e. The molecule has 106 valence electrons. The van der Waals surface area contributed by atoms with Crippen LogP contribution >= 0.6 is 0 Å². The maximum absolute atomic E-state index is 5.99. The van der Waals surface area contributed by atoms with E-state index in [2.05, 4.69) is 19.2 Å². The van der Waals surface area contributed by atoms with E-state index in [0.29, 0.717) is 6.10 Å². The van der Waals surface area contributed by atoms with Crippen LogP contribution < -0.4 is 5.32 Å². The second-order valence-corrected chi connectivity index (χ2v) is 6.75. The Hall–Kier alpha value is -0.0800. The van der Waals surface area contributed by atoms with Gasteiger partial charge in [-0.3, -0.25) is 0 Å². The van der Waals surface area contributed by atoms with Gasteiger partial charge in [-0.25, -0.2) is 0 Å². The van der Waals surface area contributed by atoms with Crippen molar-refractivity contribution in [3.63, 3.8) is 0 Å². The fourth-order valence-corrected chi connectivity index (χ4v) is 3.50. The van der Waals surface area contributed by atoms with Gasteiger partial charge in [0.2, 0.25) is 0 Å². The Balaban J connectivity index is 1.69. The van der Waals surface area contributed by atoms with E-state index in [1.54, 1.807) is 0 Å². The molecule has 0 amide bonds. The summed E-state index contributed by atoms with van der Waals surface area (Å²) < 4.78 is 5.99. The standard InChI is InChI=1S/C16H31NO/c1-13(2)11-17-12-15-8-9-18-16(15)10-14-6-4-3-5-7-14/h13-17H,3-12H2,1-2H3. The summed E-state index contributed by atoms with van der Waals surface area (Å²) >= 11 is 0. The number of hydrogen-bond donors (Lipinski definition) is 1. The van der Waals surface area contributed by atoms with Crippen molar-refractivity contribution < 1.29 is 4.74 Å². The van der Waals surface area contributed by atoms with Crippen LogP contribution in [0.5, 0.6) is 0 Å². The third kappa shape index (κ3) is 4.55. The summed E-state index contributed by atoms with van der Waals surface area (Å²) in [7, 11) is 0. The molecule has 0 radical (unpaired) electrons. The van der Waals surface area contributed by atoms with Crippen LogP contribution in [0, 0.1) is 17.8 Å². The summed E-state index contributed by atoms with van der Waals surface area (Å²) in [5, 5.41) is 3.61. The van der Waals surface area contributed by atoms with Crippen molar-refractivity contribution in [1.82, 2.24) is 5.32 Å². The molecular formula is C16H31NO. The maximum atomic E-state index is 5.99. The Morgan fingerprint density at radius 2 is 1.89 bits per heavy atom. The van der Waals surface area contributed by atoms with E-state index >= 15 is 0 Å². The van der Waals surface area contributed by atoms with Gasteiger partial charge in [0.1, 0.15) is 0 Å². The zero-order valence-electron chi connectivity index (χ0n) is 12.3. The zero-order chi connectivity index (χ0) is 12.8. The average molecular weight is 253 g/mol. The van der Waals surface area contributed by atoms with Crippen molar-refractivity contribution in [2.75, 3.05) is 19.7 Å². The number of rotatable bonds is 6. The second-order valence-electron chi connectivity index (χ2n) is 6.75. The van der Waals surface area contributed by atoms with Gasteiger partial charge < -0.3 is 10.1 Å². The lowest BCUT2D eigenvalue weighted by atomic mass is 9.83. The van der Waals surface area contributed by atoms with Crippen molar-refractivity contribution in [1.29, 1.82) is 0 Å². The van der Waals surface area contributed by atoms with Crippen LogP contribution in [0.15, 0.2) is 0 Å². The molecule has 1 saturated heterocycles. The fourth-order valence-electron chi connectivity index (χ4n) is 3.50. The van der Waals surface area contributed by atoms with E-state index in [0.717, 1.165) is 37.5 Å². The first-order valence-corrected chi connectivity index (χ1v) is 8.08. The smallest absolute Gasteiger partial charge is 0.0618 e. The molecule has 2 nitrogen and oxygen atoms in total.